The molecule has 8 unspecified atom stereocenters. The summed E-state index contributed by atoms with van der Waals surface area (Å²) in [6, 6.07) is 0. The van der Waals surface area contributed by atoms with E-state index in [0.717, 1.165) is 89.9 Å². The number of ketones is 2. The summed E-state index contributed by atoms with van der Waals surface area (Å²) in [4.78, 5) is 23.7. The topological polar surface area (TPSA) is 74.6 Å². The Bertz CT molecular complexity index is 696. The molecule has 4 fully saturated rings. The molecule has 0 spiro atoms. The van der Waals surface area contributed by atoms with Crippen molar-refractivity contribution >= 4 is 58.0 Å². The van der Waals surface area contributed by atoms with Crippen molar-refractivity contribution in [2.45, 2.75) is 125 Å². The van der Waals surface area contributed by atoms with Crippen LogP contribution in [0.3, 0.4) is 0 Å². The van der Waals surface area contributed by atoms with Gasteiger partial charge in [-0.3, -0.25) is 9.59 Å². The van der Waals surface area contributed by atoms with Crippen LogP contribution in [0.15, 0.2) is 0 Å². The Hall–Kier alpha value is 0.420. The van der Waals surface area contributed by atoms with Crippen LogP contribution in [0, 0.1) is 35.5 Å². The number of halogens is 4. The van der Waals surface area contributed by atoms with Crippen molar-refractivity contribution in [3.05, 3.63) is 0 Å². The average molecular weight is 586 g/mol. The molecule has 36 heavy (non-hydrogen) atoms. The third-order valence-corrected chi connectivity index (χ3v) is 11.3. The molecule has 0 aliphatic heterocycles. The van der Waals surface area contributed by atoms with Crippen LogP contribution < -0.4 is 0 Å². The van der Waals surface area contributed by atoms with Gasteiger partial charge in [0.1, 0.15) is 0 Å². The Morgan fingerprint density at radius 3 is 1.39 bits per heavy atom. The van der Waals surface area contributed by atoms with E-state index in [-0.39, 0.29) is 47.4 Å². The second-order valence-corrected chi connectivity index (χ2v) is 14.4. The first-order chi connectivity index (χ1) is 17.0. The number of hydrogen-bond donors (Lipinski definition) is 2. The molecule has 8 atom stereocenters. The second kappa shape index (κ2) is 13.2. The molecule has 208 valence electrons. The molecule has 4 nitrogen and oxygen atoms in total. The summed E-state index contributed by atoms with van der Waals surface area (Å²) >= 11 is 24.1. The molecular weight excluding hydrogens is 542 g/mol. The second-order valence-electron chi connectivity index (χ2n) is 11.6. The molecule has 0 radical (unpaired) electrons. The SMILES string of the molecule is CCC(O)CCCCC1CCC2C1C(=O)C2(Cl)Cl.CCC(O)CCCCC1CCC2C1C(=O)C2(Cl)Cl. The van der Waals surface area contributed by atoms with Crippen LogP contribution in [0.4, 0.5) is 0 Å². The summed E-state index contributed by atoms with van der Waals surface area (Å²) in [7, 11) is 0. The zero-order valence-electron chi connectivity index (χ0n) is 21.7. The fourth-order valence-corrected chi connectivity index (χ4v) is 8.50. The van der Waals surface area contributed by atoms with Crippen molar-refractivity contribution in [1.29, 1.82) is 0 Å². The Balaban J connectivity index is 0.000000201. The standard InChI is InChI=1S/2C14H22Cl2O2/c2*1-2-10(17)6-4-3-5-9-7-8-11-12(9)13(18)14(11,15)16/h2*9-12,17H,2-8H2,1H3. The van der Waals surface area contributed by atoms with E-state index in [1.54, 1.807) is 0 Å². The average Bonchev–Trinajstić information content (AvgIpc) is 3.46. The number of alkyl halides is 4. The van der Waals surface area contributed by atoms with Gasteiger partial charge in [-0.2, -0.15) is 0 Å². The minimum absolute atomic E-state index is 0.0481. The number of fused-ring (bicyclic) bond motifs is 2. The molecular formula is C28H44Cl4O4. The van der Waals surface area contributed by atoms with Crippen LogP contribution in [0.25, 0.3) is 0 Å². The quantitative estimate of drug-likeness (QED) is 0.184. The predicted molar refractivity (Wildman–Crippen MR) is 148 cm³/mol. The Morgan fingerprint density at radius 2 is 1.06 bits per heavy atom. The molecule has 0 aromatic heterocycles. The van der Waals surface area contributed by atoms with Gasteiger partial charge in [-0.05, 0) is 76.0 Å². The maximum atomic E-state index is 11.9. The molecule has 0 amide bonds. The highest BCUT2D eigenvalue weighted by Gasteiger charge is 2.65. The third-order valence-electron chi connectivity index (χ3n) is 9.44. The van der Waals surface area contributed by atoms with Crippen LogP contribution in [-0.4, -0.2) is 42.7 Å². The van der Waals surface area contributed by atoms with Gasteiger partial charge in [0.05, 0.1) is 12.2 Å². The van der Waals surface area contributed by atoms with Crippen molar-refractivity contribution in [3.63, 3.8) is 0 Å². The van der Waals surface area contributed by atoms with Gasteiger partial charge in [0, 0.05) is 23.7 Å². The molecule has 0 aromatic carbocycles. The molecule has 4 aliphatic carbocycles. The van der Waals surface area contributed by atoms with E-state index in [2.05, 4.69) is 0 Å². The molecule has 0 bridgehead atoms. The molecule has 4 aliphatic rings. The minimum atomic E-state index is -1.09. The van der Waals surface area contributed by atoms with Crippen LogP contribution in [0.5, 0.6) is 0 Å². The van der Waals surface area contributed by atoms with E-state index in [4.69, 9.17) is 46.4 Å². The number of rotatable bonds is 12. The molecule has 2 N–H and O–H groups in total. The van der Waals surface area contributed by atoms with Gasteiger partial charge >= 0.3 is 0 Å². The first kappa shape index (κ1) is 31.0. The highest BCUT2D eigenvalue weighted by Crippen LogP contribution is 2.60. The Kier molecular flexibility index (Phi) is 11.3. The number of hydrogen-bond acceptors (Lipinski definition) is 4. The summed E-state index contributed by atoms with van der Waals surface area (Å²) in [6.45, 7) is 4.00. The lowest BCUT2D eigenvalue weighted by Crippen LogP contribution is -2.55. The number of Topliss-reactive ketones (excluding diaryl/α,β-unsaturated/α-hetero) is 2. The van der Waals surface area contributed by atoms with Crippen molar-refractivity contribution in [3.8, 4) is 0 Å². The highest BCUT2D eigenvalue weighted by molar-refractivity contribution is 6.61. The van der Waals surface area contributed by atoms with E-state index in [9.17, 15) is 19.8 Å². The summed E-state index contributed by atoms with van der Waals surface area (Å²) < 4.78 is -2.17. The Labute approximate surface area is 237 Å². The summed E-state index contributed by atoms with van der Waals surface area (Å²) in [5, 5.41) is 19.0. The van der Waals surface area contributed by atoms with Crippen molar-refractivity contribution < 1.29 is 19.8 Å². The van der Waals surface area contributed by atoms with E-state index >= 15 is 0 Å². The summed E-state index contributed by atoms with van der Waals surface area (Å²) in [6.07, 6.45) is 13.7. The van der Waals surface area contributed by atoms with Gasteiger partial charge in [-0.25, -0.2) is 0 Å². The van der Waals surface area contributed by atoms with Crippen LogP contribution in [0.2, 0.25) is 0 Å². The lowest BCUT2D eigenvalue weighted by Gasteiger charge is -2.43. The van der Waals surface area contributed by atoms with E-state index in [1.807, 2.05) is 13.8 Å². The zero-order valence-corrected chi connectivity index (χ0v) is 24.8. The molecule has 4 saturated carbocycles. The van der Waals surface area contributed by atoms with Gasteiger partial charge in [0.15, 0.2) is 20.2 Å². The van der Waals surface area contributed by atoms with Gasteiger partial charge in [0.25, 0.3) is 0 Å². The molecule has 4 rings (SSSR count). The molecule has 0 heterocycles. The fraction of sp³-hybridized carbons (Fsp3) is 0.929. The third kappa shape index (κ3) is 6.58. The zero-order chi connectivity index (χ0) is 26.7. The van der Waals surface area contributed by atoms with Crippen molar-refractivity contribution in [2.24, 2.45) is 35.5 Å². The van der Waals surface area contributed by atoms with Crippen molar-refractivity contribution in [2.75, 3.05) is 0 Å². The number of carbonyl (C=O) groups excluding carboxylic acids is 2. The maximum Gasteiger partial charge on any atom is 0.179 e. The number of aliphatic hydroxyl groups excluding tert-OH is 2. The van der Waals surface area contributed by atoms with Gasteiger partial charge in [0.2, 0.25) is 0 Å². The minimum Gasteiger partial charge on any atom is -0.393 e. The van der Waals surface area contributed by atoms with Crippen LogP contribution in [-0.2, 0) is 9.59 Å². The van der Waals surface area contributed by atoms with E-state index in [0.29, 0.717) is 11.8 Å². The molecule has 0 aromatic rings. The Morgan fingerprint density at radius 1 is 0.694 bits per heavy atom. The number of unbranched alkanes of at least 4 members (excludes halogenated alkanes) is 2. The van der Waals surface area contributed by atoms with Crippen LogP contribution in [0.1, 0.15) is 104 Å². The highest BCUT2D eigenvalue weighted by atomic mass is 35.5. The van der Waals surface area contributed by atoms with E-state index < -0.39 is 8.67 Å². The predicted octanol–water partition coefficient (Wildman–Crippen LogP) is 7.43. The number of carbonyl (C=O) groups is 2. The monoisotopic (exact) mass is 584 g/mol. The van der Waals surface area contributed by atoms with Crippen molar-refractivity contribution in [1.82, 2.24) is 0 Å². The first-order valence-corrected chi connectivity index (χ1v) is 15.7. The smallest absolute Gasteiger partial charge is 0.179 e. The van der Waals surface area contributed by atoms with Gasteiger partial charge in [-0.1, -0.05) is 85.9 Å². The van der Waals surface area contributed by atoms with Crippen LogP contribution >= 0.6 is 46.4 Å². The largest absolute Gasteiger partial charge is 0.393 e. The molecule has 0 saturated heterocycles. The number of aliphatic hydroxyl groups is 2. The first-order valence-electron chi connectivity index (χ1n) is 14.2. The molecule has 8 heteroatoms. The summed E-state index contributed by atoms with van der Waals surface area (Å²) in [5.41, 5.74) is 0. The van der Waals surface area contributed by atoms with E-state index in [1.165, 1.54) is 0 Å². The maximum absolute atomic E-state index is 11.9. The fourth-order valence-electron chi connectivity index (χ4n) is 7.02. The lowest BCUT2D eigenvalue weighted by molar-refractivity contribution is -0.136. The summed E-state index contributed by atoms with van der Waals surface area (Å²) in [5.74, 6) is 1.68. The normalized spacial score (nSPS) is 35.1. The van der Waals surface area contributed by atoms with Gasteiger partial charge < -0.3 is 10.2 Å². The van der Waals surface area contributed by atoms with Gasteiger partial charge in [-0.15, -0.1) is 0 Å². The lowest BCUT2D eigenvalue weighted by atomic mass is 9.69.